The number of carbonyl (C=O) groups excluding carboxylic acids is 1. The molecule has 2 aromatic rings. The number of hydrogen-bond acceptors (Lipinski definition) is 3. The molecule has 1 aromatic carbocycles. The van der Waals surface area contributed by atoms with Crippen LogP contribution in [-0.2, 0) is 6.54 Å². The number of carbonyl (C=O) groups is 1. The van der Waals surface area contributed by atoms with Crippen LogP contribution in [0.1, 0.15) is 36.9 Å². The summed E-state index contributed by atoms with van der Waals surface area (Å²) in [6.07, 6.45) is 3.95. The largest absolute Gasteiger partial charge is 0.338 e. The van der Waals surface area contributed by atoms with Crippen LogP contribution in [-0.4, -0.2) is 40.8 Å². The van der Waals surface area contributed by atoms with Crippen LogP contribution >= 0.6 is 0 Å². The first-order valence-corrected chi connectivity index (χ1v) is 8.60. The highest BCUT2D eigenvalue weighted by Crippen LogP contribution is 2.30. The summed E-state index contributed by atoms with van der Waals surface area (Å²) in [7, 11) is 0. The summed E-state index contributed by atoms with van der Waals surface area (Å²) in [5.74, 6) is 0.363. The molecule has 1 aliphatic heterocycles. The number of hydrogen-bond donors (Lipinski definition) is 3. The van der Waals surface area contributed by atoms with Crippen molar-refractivity contribution in [3.8, 4) is 0 Å². The molecule has 6 heteroatoms. The van der Waals surface area contributed by atoms with E-state index in [2.05, 4.69) is 50.0 Å². The van der Waals surface area contributed by atoms with Gasteiger partial charge in [0.15, 0.2) is 0 Å². The Bertz CT molecular complexity index is 654. The molecule has 2 amide bonds. The van der Waals surface area contributed by atoms with Gasteiger partial charge in [-0.1, -0.05) is 30.3 Å². The second-order valence-electron chi connectivity index (χ2n) is 6.24. The first kappa shape index (κ1) is 16.5. The van der Waals surface area contributed by atoms with Crippen LogP contribution in [0.2, 0.25) is 0 Å². The quantitative estimate of drug-likeness (QED) is 0.790. The highest BCUT2D eigenvalue weighted by atomic mass is 16.2. The van der Waals surface area contributed by atoms with Crippen molar-refractivity contribution in [2.75, 3.05) is 25.0 Å². The molecule has 0 bridgehead atoms. The molecule has 0 aliphatic carbocycles. The number of nitrogens with zero attached hydrogens (tertiary/aromatic N) is 2. The van der Waals surface area contributed by atoms with Crippen molar-refractivity contribution in [1.82, 2.24) is 20.4 Å². The van der Waals surface area contributed by atoms with Crippen LogP contribution in [0, 0.1) is 0 Å². The average molecular weight is 327 g/mol. The number of likely N-dealkylation sites (tertiary alicyclic amines) is 1. The van der Waals surface area contributed by atoms with E-state index in [1.165, 1.54) is 5.56 Å². The van der Waals surface area contributed by atoms with Gasteiger partial charge >= 0.3 is 6.03 Å². The first-order chi connectivity index (χ1) is 11.8. The molecule has 3 rings (SSSR count). The molecule has 0 radical (unpaired) electrons. The Morgan fingerprint density at radius 1 is 1.38 bits per heavy atom. The lowest BCUT2D eigenvalue weighted by atomic mass is 9.93. The lowest BCUT2D eigenvalue weighted by Crippen LogP contribution is -2.34. The van der Waals surface area contributed by atoms with Crippen molar-refractivity contribution in [2.24, 2.45) is 0 Å². The summed E-state index contributed by atoms with van der Waals surface area (Å²) in [6, 6.07) is 10.4. The Balaban J connectivity index is 1.65. The number of rotatable bonds is 5. The third-order valence-corrected chi connectivity index (χ3v) is 4.42. The Hall–Kier alpha value is -2.34. The Labute approximate surface area is 142 Å². The van der Waals surface area contributed by atoms with Gasteiger partial charge in [-0.2, -0.15) is 5.10 Å². The Morgan fingerprint density at radius 2 is 2.21 bits per heavy atom. The van der Waals surface area contributed by atoms with Gasteiger partial charge in [0.25, 0.3) is 0 Å². The van der Waals surface area contributed by atoms with Gasteiger partial charge in [-0.15, -0.1) is 0 Å². The molecule has 1 aliphatic rings. The summed E-state index contributed by atoms with van der Waals surface area (Å²) < 4.78 is 0. The van der Waals surface area contributed by atoms with E-state index in [1.807, 2.05) is 13.0 Å². The van der Waals surface area contributed by atoms with Gasteiger partial charge in [0.05, 0.1) is 17.6 Å². The molecule has 2 heterocycles. The van der Waals surface area contributed by atoms with Gasteiger partial charge < -0.3 is 10.6 Å². The van der Waals surface area contributed by atoms with Crippen molar-refractivity contribution >= 4 is 11.7 Å². The molecular formula is C18H25N5O. The van der Waals surface area contributed by atoms with Crippen LogP contribution < -0.4 is 10.6 Å². The Morgan fingerprint density at radius 3 is 3.00 bits per heavy atom. The zero-order valence-corrected chi connectivity index (χ0v) is 14.1. The predicted octanol–water partition coefficient (Wildman–Crippen LogP) is 2.93. The minimum Gasteiger partial charge on any atom is -0.338 e. The number of aromatic nitrogens is 2. The third-order valence-electron chi connectivity index (χ3n) is 4.42. The van der Waals surface area contributed by atoms with E-state index in [0.717, 1.165) is 43.9 Å². The predicted molar refractivity (Wildman–Crippen MR) is 95.0 cm³/mol. The molecule has 1 aromatic heterocycles. The summed E-state index contributed by atoms with van der Waals surface area (Å²) in [5, 5.41) is 12.9. The second-order valence-corrected chi connectivity index (χ2v) is 6.24. The number of nitrogens with one attached hydrogen (secondary N) is 3. The van der Waals surface area contributed by atoms with Gasteiger partial charge in [0.2, 0.25) is 0 Å². The minimum absolute atomic E-state index is 0.183. The van der Waals surface area contributed by atoms with E-state index in [1.54, 1.807) is 6.20 Å². The molecule has 0 unspecified atom stereocenters. The number of piperidine rings is 1. The van der Waals surface area contributed by atoms with Gasteiger partial charge in [-0.3, -0.25) is 10.00 Å². The van der Waals surface area contributed by atoms with Crippen molar-refractivity contribution < 1.29 is 4.79 Å². The summed E-state index contributed by atoms with van der Waals surface area (Å²) in [5.41, 5.74) is 3.15. The van der Waals surface area contributed by atoms with Crippen molar-refractivity contribution in [3.63, 3.8) is 0 Å². The molecule has 1 fully saturated rings. The number of H-pyrrole nitrogens is 1. The molecule has 6 nitrogen and oxygen atoms in total. The van der Waals surface area contributed by atoms with Crippen LogP contribution in [0.5, 0.6) is 0 Å². The maximum Gasteiger partial charge on any atom is 0.319 e. The molecule has 1 atom stereocenters. The van der Waals surface area contributed by atoms with E-state index < -0.39 is 0 Å². The molecule has 0 spiro atoms. The van der Waals surface area contributed by atoms with E-state index in [-0.39, 0.29) is 6.03 Å². The molecule has 0 saturated carbocycles. The fourth-order valence-electron chi connectivity index (χ4n) is 3.31. The van der Waals surface area contributed by atoms with E-state index in [9.17, 15) is 4.79 Å². The normalized spacial score (nSPS) is 18.3. The Kier molecular flexibility index (Phi) is 5.48. The lowest BCUT2D eigenvalue weighted by molar-refractivity contribution is 0.198. The third kappa shape index (κ3) is 4.14. The van der Waals surface area contributed by atoms with Gasteiger partial charge in [0.1, 0.15) is 0 Å². The smallest absolute Gasteiger partial charge is 0.319 e. The van der Waals surface area contributed by atoms with Gasteiger partial charge in [-0.05, 0) is 31.9 Å². The lowest BCUT2D eigenvalue weighted by Gasteiger charge is -2.32. The van der Waals surface area contributed by atoms with Crippen LogP contribution in [0.15, 0.2) is 36.5 Å². The van der Waals surface area contributed by atoms with Crippen molar-refractivity contribution in [1.29, 1.82) is 0 Å². The van der Waals surface area contributed by atoms with E-state index in [0.29, 0.717) is 12.5 Å². The highest BCUT2D eigenvalue weighted by Gasteiger charge is 2.25. The summed E-state index contributed by atoms with van der Waals surface area (Å²) in [6.45, 7) is 5.55. The molecule has 1 saturated heterocycles. The standard InChI is InChI=1S/C18H25N5O/c1-2-19-18(24)21-16-11-20-22-17(16)15-9-6-10-23(13-15)12-14-7-4-3-5-8-14/h3-5,7-8,11,15H,2,6,9-10,12-13H2,1H3,(H,20,22)(H2,19,21,24)/t15-/m1/s1. The maximum absolute atomic E-state index is 11.8. The zero-order valence-electron chi connectivity index (χ0n) is 14.1. The van der Waals surface area contributed by atoms with Crippen LogP contribution in [0.25, 0.3) is 0 Å². The first-order valence-electron chi connectivity index (χ1n) is 8.60. The van der Waals surface area contributed by atoms with Crippen LogP contribution in [0.4, 0.5) is 10.5 Å². The molecule has 128 valence electrons. The fraction of sp³-hybridized carbons (Fsp3) is 0.444. The summed E-state index contributed by atoms with van der Waals surface area (Å²) >= 11 is 0. The summed E-state index contributed by atoms with van der Waals surface area (Å²) in [4.78, 5) is 14.2. The number of anilines is 1. The molecular weight excluding hydrogens is 302 g/mol. The average Bonchev–Trinajstić information content (AvgIpc) is 3.04. The SMILES string of the molecule is CCNC(=O)Nc1cn[nH]c1[C@@H]1CCCN(Cc2ccccc2)C1. The van der Waals surface area contributed by atoms with Crippen LogP contribution in [0.3, 0.4) is 0 Å². The highest BCUT2D eigenvalue weighted by molar-refractivity contribution is 5.89. The maximum atomic E-state index is 11.8. The second kappa shape index (κ2) is 7.97. The topological polar surface area (TPSA) is 73.0 Å². The fourth-order valence-corrected chi connectivity index (χ4v) is 3.31. The minimum atomic E-state index is -0.183. The number of urea groups is 1. The molecule has 24 heavy (non-hydrogen) atoms. The van der Waals surface area contributed by atoms with Crippen molar-refractivity contribution in [2.45, 2.75) is 32.2 Å². The van der Waals surface area contributed by atoms with Gasteiger partial charge in [0, 0.05) is 25.6 Å². The zero-order chi connectivity index (χ0) is 16.8. The number of amides is 2. The number of aromatic amines is 1. The number of benzene rings is 1. The van der Waals surface area contributed by atoms with Gasteiger partial charge in [-0.25, -0.2) is 4.79 Å². The van der Waals surface area contributed by atoms with E-state index in [4.69, 9.17) is 0 Å². The monoisotopic (exact) mass is 327 g/mol. The molecule has 3 N–H and O–H groups in total. The van der Waals surface area contributed by atoms with E-state index >= 15 is 0 Å². The van der Waals surface area contributed by atoms with Crippen molar-refractivity contribution in [3.05, 3.63) is 47.8 Å².